The van der Waals surface area contributed by atoms with Crippen LogP contribution in [0.15, 0.2) is 30.3 Å². The van der Waals surface area contributed by atoms with E-state index in [0.717, 1.165) is 5.56 Å². The zero-order valence-electron chi connectivity index (χ0n) is 15.1. The molecule has 5 atom stereocenters. The highest BCUT2D eigenvalue weighted by molar-refractivity contribution is 5.13. The minimum absolute atomic E-state index is 0.211. The maximum absolute atomic E-state index is 6.22. The molecule has 0 saturated carbocycles. The van der Waals surface area contributed by atoms with Crippen LogP contribution in [0.5, 0.6) is 0 Å². The summed E-state index contributed by atoms with van der Waals surface area (Å²) >= 11 is 0. The van der Waals surface area contributed by atoms with Crippen LogP contribution in [-0.4, -0.2) is 48.9 Å². The van der Waals surface area contributed by atoms with Gasteiger partial charge in [-0.25, -0.2) is 0 Å². The zero-order chi connectivity index (χ0) is 17.7. The Morgan fingerprint density at radius 1 is 0.960 bits per heavy atom. The van der Waals surface area contributed by atoms with Gasteiger partial charge in [0.05, 0.1) is 13.2 Å². The summed E-state index contributed by atoms with van der Waals surface area (Å²) in [5.41, 5.74) is 1.10. The van der Waals surface area contributed by atoms with Crippen LogP contribution in [0.25, 0.3) is 0 Å². The van der Waals surface area contributed by atoms with Gasteiger partial charge < -0.3 is 28.4 Å². The van der Waals surface area contributed by atoms with Crippen molar-refractivity contribution in [3.8, 4) is 0 Å². The van der Waals surface area contributed by atoms with Crippen molar-refractivity contribution in [3.05, 3.63) is 35.9 Å². The third-order valence-corrected chi connectivity index (χ3v) is 4.71. The number of ether oxygens (including phenoxy) is 6. The lowest BCUT2D eigenvalue weighted by molar-refractivity contribution is -0.236. The van der Waals surface area contributed by atoms with Gasteiger partial charge in [-0.1, -0.05) is 30.3 Å². The van der Waals surface area contributed by atoms with Gasteiger partial charge in [-0.2, -0.15) is 0 Å². The van der Waals surface area contributed by atoms with E-state index in [9.17, 15) is 0 Å². The van der Waals surface area contributed by atoms with E-state index < -0.39 is 17.9 Å². The monoisotopic (exact) mass is 350 g/mol. The van der Waals surface area contributed by atoms with Crippen LogP contribution >= 0.6 is 0 Å². The zero-order valence-corrected chi connectivity index (χ0v) is 15.1. The van der Waals surface area contributed by atoms with E-state index in [-0.39, 0.29) is 24.4 Å². The fourth-order valence-corrected chi connectivity index (χ4v) is 3.64. The molecule has 3 aliphatic rings. The summed E-state index contributed by atoms with van der Waals surface area (Å²) in [7, 11) is 0. The van der Waals surface area contributed by atoms with E-state index in [2.05, 4.69) is 0 Å². The molecule has 1 aromatic rings. The van der Waals surface area contributed by atoms with Crippen LogP contribution in [-0.2, 0) is 35.0 Å². The van der Waals surface area contributed by atoms with E-state index in [1.165, 1.54) is 0 Å². The standard InChI is InChI=1S/C19H26O6/c1-18(2)21-11-13(23-18)14-15(20-10-12-8-6-5-7-9-12)16-17(22-14)25-19(3,4)24-16/h5-9,13-17H,10-11H2,1-4H3/t13-,14-,15+,16+,17-/m1/s1. The average molecular weight is 350 g/mol. The second-order valence-electron chi connectivity index (χ2n) is 7.70. The second-order valence-corrected chi connectivity index (χ2v) is 7.70. The van der Waals surface area contributed by atoms with Crippen molar-refractivity contribution in [2.75, 3.05) is 6.61 Å². The molecule has 3 saturated heterocycles. The van der Waals surface area contributed by atoms with Gasteiger partial charge in [0.15, 0.2) is 17.9 Å². The Hall–Kier alpha value is -1.02. The lowest BCUT2D eigenvalue weighted by Crippen LogP contribution is -2.44. The van der Waals surface area contributed by atoms with Crippen molar-refractivity contribution < 1.29 is 28.4 Å². The first-order valence-corrected chi connectivity index (χ1v) is 8.81. The van der Waals surface area contributed by atoms with E-state index in [1.807, 2.05) is 58.0 Å². The van der Waals surface area contributed by atoms with Crippen LogP contribution in [0.3, 0.4) is 0 Å². The van der Waals surface area contributed by atoms with Gasteiger partial charge in [0.25, 0.3) is 0 Å². The SMILES string of the molecule is CC1(C)O[C@H]2O[C@H]([C@H]3COC(C)(C)O3)[C@H](OCc3ccccc3)[C@@H]2O1. The highest BCUT2D eigenvalue weighted by Crippen LogP contribution is 2.42. The number of hydrogen-bond donors (Lipinski definition) is 0. The molecule has 0 amide bonds. The van der Waals surface area contributed by atoms with Gasteiger partial charge in [-0.15, -0.1) is 0 Å². The maximum Gasteiger partial charge on any atom is 0.190 e. The molecular weight excluding hydrogens is 324 g/mol. The molecule has 0 spiro atoms. The highest BCUT2D eigenvalue weighted by atomic mass is 16.8. The Kier molecular flexibility index (Phi) is 4.38. The molecule has 0 radical (unpaired) electrons. The first-order chi connectivity index (χ1) is 11.8. The summed E-state index contributed by atoms with van der Waals surface area (Å²) < 4.78 is 36.0. The van der Waals surface area contributed by atoms with E-state index in [0.29, 0.717) is 13.2 Å². The molecule has 3 aliphatic heterocycles. The Morgan fingerprint density at radius 2 is 1.72 bits per heavy atom. The second kappa shape index (κ2) is 6.30. The molecule has 138 valence electrons. The third-order valence-electron chi connectivity index (χ3n) is 4.71. The number of benzene rings is 1. The molecule has 0 unspecified atom stereocenters. The van der Waals surface area contributed by atoms with Gasteiger partial charge in [0, 0.05) is 0 Å². The van der Waals surface area contributed by atoms with Crippen LogP contribution in [0.2, 0.25) is 0 Å². The summed E-state index contributed by atoms with van der Waals surface area (Å²) in [5.74, 6) is -1.29. The van der Waals surface area contributed by atoms with Crippen molar-refractivity contribution in [2.45, 2.75) is 76.6 Å². The molecule has 25 heavy (non-hydrogen) atoms. The Labute approximate surface area is 148 Å². The van der Waals surface area contributed by atoms with Gasteiger partial charge in [0.1, 0.15) is 24.4 Å². The first kappa shape index (κ1) is 17.4. The van der Waals surface area contributed by atoms with Gasteiger partial charge in [0.2, 0.25) is 0 Å². The highest BCUT2D eigenvalue weighted by Gasteiger charge is 2.58. The molecule has 0 bridgehead atoms. The first-order valence-electron chi connectivity index (χ1n) is 8.81. The minimum atomic E-state index is -0.680. The van der Waals surface area contributed by atoms with Crippen LogP contribution < -0.4 is 0 Å². The molecule has 0 N–H and O–H groups in total. The van der Waals surface area contributed by atoms with Gasteiger partial charge in [-0.3, -0.25) is 0 Å². The summed E-state index contributed by atoms with van der Waals surface area (Å²) in [6.45, 7) is 8.52. The topological polar surface area (TPSA) is 55.4 Å². The normalized spacial score (nSPS) is 38.8. The molecule has 0 aliphatic carbocycles. The van der Waals surface area contributed by atoms with Crippen molar-refractivity contribution >= 4 is 0 Å². The Balaban J connectivity index is 1.50. The number of fused-ring (bicyclic) bond motifs is 1. The predicted molar refractivity (Wildman–Crippen MR) is 88.6 cm³/mol. The number of rotatable bonds is 4. The number of hydrogen-bond acceptors (Lipinski definition) is 6. The predicted octanol–water partition coefficient (Wildman–Crippen LogP) is 2.60. The van der Waals surface area contributed by atoms with Crippen LogP contribution in [0.4, 0.5) is 0 Å². The molecule has 6 heteroatoms. The lowest BCUT2D eigenvalue weighted by Gasteiger charge is -2.29. The molecule has 1 aromatic carbocycles. The minimum Gasteiger partial charge on any atom is -0.368 e. The van der Waals surface area contributed by atoms with Crippen molar-refractivity contribution in [1.82, 2.24) is 0 Å². The van der Waals surface area contributed by atoms with Crippen LogP contribution in [0.1, 0.15) is 33.3 Å². The lowest BCUT2D eigenvalue weighted by atomic mass is 10.1. The van der Waals surface area contributed by atoms with Gasteiger partial charge in [-0.05, 0) is 33.3 Å². The smallest absolute Gasteiger partial charge is 0.190 e. The fraction of sp³-hybridized carbons (Fsp3) is 0.684. The average Bonchev–Trinajstić information content (AvgIpc) is 3.15. The Morgan fingerprint density at radius 3 is 2.40 bits per heavy atom. The van der Waals surface area contributed by atoms with Gasteiger partial charge >= 0.3 is 0 Å². The summed E-state index contributed by atoms with van der Waals surface area (Å²) in [6.07, 6.45) is -1.52. The van der Waals surface area contributed by atoms with Crippen LogP contribution in [0, 0.1) is 0 Å². The molecule has 3 fully saturated rings. The van der Waals surface area contributed by atoms with Crippen molar-refractivity contribution in [1.29, 1.82) is 0 Å². The quantitative estimate of drug-likeness (QED) is 0.832. The summed E-state index contributed by atoms with van der Waals surface area (Å²) in [6, 6.07) is 10.1. The van der Waals surface area contributed by atoms with E-state index in [4.69, 9.17) is 28.4 Å². The van der Waals surface area contributed by atoms with Crippen molar-refractivity contribution in [2.24, 2.45) is 0 Å². The maximum atomic E-state index is 6.22. The third kappa shape index (κ3) is 3.60. The summed E-state index contributed by atoms with van der Waals surface area (Å²) in [5, 5.41) is 0. The van der Waals surface area contributed by atoms with E-state index >= 15 is 0 Å². The molecular formula is C19H26O6. The fourth-order valence-electron chi connectivity index (χ4n) is 3.64. The molecule has 4 rings (SSSR count). The van der Waals surface area contributed by atoms with Crippen molar-refractivity contribution in [3.63, 3.8) is 0 Å². The largest absolute Gasteiger partial charge is 0.368 e. The van der Waals surface area contributed by atoms with E-state index in [1.54, 1.807) is 0 Å². The molecule has 0 aromatic heterocycles. The molecule has 3 heterocycles. The Bertz CT molecular complexity index is 601. The summed E-state index contributed by atoms with van der Waals surface area (Å²) in [4.78, 5) is 0. The molecule has 6 nitrogen and oxygen atoms in total.